The van der Waals surface area contributed by atoms with E-state index in [9.17, 15) is 8.42 Å². The molecule has 0 unspecified atom stereocenters. The molecule has 0 aromatic heterocycles. The number of allylic oxidation sites excluding steroid dienone is 1. The quantitative estimate of drug-likeness (QED) is 0.766. The summed E-state index contributed by atoms with van der Waals surface area (Å²) >= 11 is 0. The van der Waals surface area contributed by atoms with Gasteiger partial charge in [0.25, 0.3) is 0 Å². The number of sulfonamides is 1. The summed E-state index contributed by atoms with van der Waals surface area (Å²) in [5, 5.41) is 5.01. The van der Waals surface area contributed by atoms with Gasteiger partial charge in [-0.15, -0.1) is 6.58 Å². The molecule has 1 rings (SSSR count). The van der Waals surface area contributed by atoms with Gasteiger partial charge in [-0.1, -0.05) is 18.2 Å². The predicted octanol–water partition coefficient (Wildman–Crippen LogP) is 1.45. The fourth-order valence-corrected chi connectivity index (χ4v) is 1.73. The summed E-state index contributed by atoms with van der Waals surface area (Å²) in [5.41, 5.74) is 0.955. The minimum atomic E-state index is -3.58. The van der Waals surface area contributed by atoms with Crippen LogP contribution in [0.2, 0.25) is 0 Å². The summed E-state index contributed by atoms with van der Waals surface area (Å²) in [5.74, 6) is 0. The minimum Gasteiger partial charge on any atom is -0.225 e. The lowest BCUT2D eigenvalue weighted by atomic mass is 10.1. The summed E-state index contributed by atoms with van der Waals surface area (Å²) in [6.45, 7) is 3.60. The number of aryl methyl sites for hydroxylation is 1. The zero-order valence-corrected chi connectivity index (χ0v) is 8.63. The average molecular weight is 211 g/mol. The molecule has 0 amide bonds. The summed E-state index contributed by atoms with van der Waals surface area (Å²) in [6.07, 6.45) is 3.41. The molecule has 0 heterocycles. The Labute approximate surface area is 84.3 Å². The molecule has 0 aliphatic heterocycles. The second-order valence-corrected chi connectivity index (χ2v) is 4.58. The van der Waals surface area contributed by atoms with Crippen molar-refractivity contribution in [1.29, 1.82) is 0 Å². The van der Waals surface area contributed by atoms with E-state index < -0.39 is 10.0 Å². The highest BCUT2D eigenvalue weighted by Crippen LogP contribution is 2.11. The van der Waals surface area contributed by atoms with Crippen LogP contribution in [0.4, 0.5) is 0 Å². The molecule has 0 atom stereocenters. The molecule has 0 saturated carbocycles. The summed E-state index contributed by atoms with van der Waals surface area (Å²) in [6, 6.07) is 6.65. The average Bonchev–Trinajstić information content (AvgIpc) is 2.14. The molecular formula is C10H13NO2S. The van der Waals surface area contributed by atoms with Gasteiger partial charge in [-0.2, -0.15) is 0 Å². The fraction of sp³-hybridized carbons (Fsp3) is 0.200. The molecule has 0 bridgehead atoms. The number of hydrogen-bond acceptors (Lipinski definition) is 2. The molecule has 1 aromatic rings. The molecule has 0 spiro atoms. The molecular weight excluding hydrogens is 198 g/mol. The van der Waals surface area contributed by atoms with Crippen LogP contribution < -0.4 is 5.14 Å². The third-order valence-electron chi connectivity index (χ3n) is 1.86. The molecule has 2 N–H and O–H groups in total. The van der Waals surface area contributed by atoms with Crippen molar-refractivity contribution in [3.05, 3.63) is 42.5 Å². The van der Waals surface area contributed by atoms with Crippen LogP contribution in [0.25, 0.3) is 0 Å². The first kappa shape index (κ1) is 10.9. The first-order valence-corrected chi connectivity index (χ1v) is 5.81. The Morgan fingerprint density at radius 1 is 1.43 bits per heavy atom. The summed E-state index contributed by atoms with van der Waals surface area (Å²) < 4.78 is 22.0. The number of benzene rings is 1. The van der Waals surface area contributed by atoms with Gasteiger partial charge in [-0.05, 0) is 30.5 Å². The van der Waals surface area contributed by atoms with Gasteiger partial charge in [0.05, 0.1) is 4.90 Å². The monoisotopic (exact) mass is 211 g/mol. The summed E-state index contributed by atoms with van der Waals surface area (Å²) in [4.78, 5) is 0.166. The van der Waals surface area contributed by atoms with Crippen LogP contribution in [-0.2, 0) is 16.4 Å². The Kier molecular flexibility index (Phi) is 3.43. The standard InChI is InChI=1S/C10H13NO2S/c1-2-3-5-9-6-4-7-10(8-9)14(11,12)13/h2,4,6-8H,1,3,5H2,(H2,11,12,13). The Morgan fingerprint density at radius 3 is 2.71 bits per heavy atom. The highest BCUT2D eigenvalue weighted by molar-refractivity contribution is 7.89. The molecule has 0 fully saturated rings. The van der Waals surface area contributed by atoms with Crippen molar-refractivity contribution in [1.82, 2.24) is 0 Å². The van der Waals surface area contributed by atoms with Crippen LogP contribution in [0, 0.1) is 0 Å². The molecule has 14 heavy (non-hydrogen) atoms. The van der Waals surface area contributed by atoms with Crippen LogP contribution >= 0.6 is 0 Å². The highest BCUT2D eigenvalue weighted by Gasteiger charge is 2.06. The van der Waals surface area contributed by atoms with E-state index in [2.05, 4.69) is 6.58 Å². The predicted molar refractivity (Wildman–Crippen MR) is 56.3 cm³/mol. The SMILES string of the molecule is C=CCCc1cccc(S(N)(=O)=O)c1. The van der Waals surface area contributed by atoms with Gasteiger partial charge in [0.1, 0.15) is 0 Å². The van der Waals surface area contributed by atoms with Gasteiger partial charge in [0.2, 0.25) is 10.0 Å². The van der Waals surface area contributed by atoms with Crippen molar-refractivity contribution in [2.45, 2.75) is 17.7 Å². The maximum Gasteiger partial charge on any atom is 0.238 e. The molecule has 3 nitrogen and oxygen atoms in total. The third-order valence-corrected chi connectivity index (χ3v) is 2.78. The van der Waals surface area contributed by atoms with Crippen molar-refractivity contribution in [2.24, 2.45) is 5.14 Å². The molecule has 0 aliphatic rings. The van der Waals surface area contributed by atoms with Crippen molar-refractivity contribution in [2.75, 3.05) is 0 Å². The van der Waals surface area contributed by atoms with E-state index >= 15 is 0 Å². The zero-order valence-electron chi connectivity index (χ0n) is 7.81. The van der Waals surface area contributed by atoms with Crippen LogP contribution in [0.3, 0.4) is 0 Å². The number of hydrogen-bond donors (Lipinski definition) is 1. The van der Waals surface area contributed by atoms with Crippen molar-refractivity contribution < 1.29 is 8.42 Å². The van der Waals surface area contributed by atoms with Crippen LogP contribution in [-0.4, -0.2) is 8.42 Å². The van der Waals surface area contributed by atoms with Crippen molar-refractivity contribution >= 4 is 10.0 Å². The molecule has 0 saturated heterocycles. The topological polar surface area (TPSA) is 60.2 Å². The van der Waals surface area contributed by atoms with E-state index in [1.165, 1.54) is 6.07 Å². The molecule has 76 valence electrons. The number of nitrogens with two attached hydrogens (primary N) is 1. The normalized spacial score (nSPS) is 11.2. The van der Waals surface area contributed by atoms with E-state index in [0.717, 1.165) is 18.4 Å². The fourth-order valence-electron chi connectivity index (χ4n) is 1.15. The second-order valence-electron chi connectivity index (χ2n) is 3.02. The molecule has 0 radical (unpaired) electrons. The van der Waals surface area contributed by atoms with Gasteiger partial charge in [0.15, 0.2) is 0 Å². The maximum atomic E-state index is 11.0. The first-order chi connectivity index (χ1) is 6.54. The lowest BCUT2D eigenvalue weighted by Crippen LogP contribution is -2.12. The number of primary sulfonamides is 1. The van der Waals surface area contributed by atoms with Gasteiger partial charge < -0.3 is 0 Å². The van der Waals surface area contributed by atoms with Crippen LogP contribution in [0.5, 0.6) is 0 Å². The van der Waals surface area contributed by atoms with Gasteiger partial charge >= 0.3 is 0 Å². The van der Waals surface area contributed by atoms with E-state index in [0.29, 0.717) is 0 Å². The van der Waals surface area contributed by atoms with Crippen molar-refractivity contribution in [3.63, 3.8) is 0 Å². The van der Waals surface area contributed by atoms with E-state index in [-0.39, 0.29) is 4.90 Å². The highest BCUT2D eigenvalue weighted by atomic mass is 32.2. The third kappa shape index (κ3) is 2.97. The zero-order chi connectivity index (χ0) is 10.6. The first-order valence-electron chi connectivity index (χ1n) is 4.26. The van der Waals surface area contributed by atoms with E-state index in [1.54, 1.807) is 18.2 Å². The Hall–Kier alpha value is -1.13. The lowest BCUT2D eigenvalue weighted by molar-refractivity contribution is 0.597. The largest absolute Gasteiger partial charge is 0.238 e. The maximum absolute atomic E-state index is 11.0. The van der Waals surface area contributed by atoms with E-state index in [4.69, 9.17) is 5.14 Å². The molecule has 4 heteroatoms. The smallest absolute Gasteiger partial charge is 0.225 e. The Bertz CT molecular complexity index is 424. The van der Waals surface area contributed by atoms with Gasteiger partial charge in [-0.25, -0.2) is 13.6 Å². The Morgan fingerprint density at radius 2 is 2.14 bits per heavy atom. The number of rotatable bonds is 4. The molecule has 1 aromatic carbocycles. The lowest BCUT2D eigenvalue weighted by Gasteiger charge is -2.01. The van der Waals surface area contributed by atoms with Gasteiger partial charge in [0, 0.05) is 0 Å². The van der Waals surface area contributed by atoms with Crippen LogP contribution in [0.1, 0.15) is 12.0 Å². The second kappa shape index (κ2) is 4.39. The van der Waals surface area contributed by atoms with E-state index in [1.807, 2.05) is 6.07 Å². The summed E-state index contributed by atoms with van der Waals surface area (Å²) in [7, 11) is -3.58. The Balaban J connectivity index is 2.95. The minimum absolute atomic E-state index is 0.166. The molecule has 0 aliphatic carbocycles. The van der Waals surface area contributed by atoms with Gasteiger partial charge in [-0.3, -0.25) is 0 Å². The van der Waals surface area contributed by atoms with Crippen molar-refractivity contribution in [3.8, 4) is 0 Å². The van der Waals surface area contributed by atoms with Crippen LogP contribution in [0.15, 0.2) is 41.8 Å².